The molecule has 1 rings (SSSR count). The fraction of sp³-hybridized carbons (Fsp3) is 0.529. The minimum atomic E-state index is -0.615. The number of aliphatic imine (C=N–C) groups is 1. The van der Waals surface area contributed by atoms with Crippen LogP contribution in [0.3, 0.4) is 0 Å². The lowest BCUT2D eigenvalue weighted by molar-refractivity contribution is -0.125. The number of carbonyl (C=O) groups excluding carboxylic acids is 1. The highest BCUT2D eigenvalue weighted by Crippen LogP contribution is 2.13. The largest absolute Gasteiger partial charge is 0.369 e. The van der Waals surface area contributed by atoms with Crippen LogP contribution in [-0.4, -0.2) is 25.0 Å². The normalized spacial score (nSPS) is 11.6. The number of nitrogens with zero attached hydrogens (tertiary/aromatic N) is 1. The Morgan fingerprint density at radius 1 is 1.26 bits per heavy atom. The molecular formula is C17H29IN4O. The fourth-order valence-electron chi connectivity index (χ4n) is 1.92. The van der Waals surface area contributed by atoms with Crippen LogP contribution in [0.25, 0.3) is 0 Å². The van der Waals surface area contributed by atoms with Crippen molar-refractivity contribution < 1.29 is 4.79 Å². The van der Waals surface area contributed by atoms with Gasteiger partial charge in [-0.3, -0.25) is 4.79 Å². The number of rotatable bonds is 6. The molecule has 0 aromatic heterocycles. The molecule has 0 saturated carbocycles. The summed E-state index contributed by atoms with van der Waals surface area (Å²) in [5.74, 6) is 0.363. The van der Waals surface area contributed by atoms with E-state index in [-0.39, 0.29) is 29.9 Å². The van der Waals surface area contributed by atoms with Crippen LogP contribution in [0, 0.1) is 19.3 Å². The van der Waals surface area contributed by atoms with Crippen molar-refractivity contribution in [2.24, 2.45) is 16.1 Å². The third-order valence-electron chi connectivity index (χ3n) is 3.61. The second-order valence-electron chi connectivity index (χ2n) is 6.23. The fourth-order valence-corrected chi connectivity index (χ4v) is 1.92. The number of hydrogen-bond donors (Lipinski definition) is 3. The summed E-state index contributed by atoms with van der Waals surface area (Å²) in [5.41, 5.74) is 8.45. The number of carbonyl (C=O) groups is 1. The summed E-state index contributed by atoms with van der Waals surface area (Å²) in [6.45, 7) is 11.6. The highest BCUT2D eigenvalue weighted by atomic mass is 127. The van der Waals surface area contributed by atoms with Crippen LogP contribution in [0.5, 0.6) is 0 Å². The number of benzene rings is 1. The van der Waals surface area contributed by atoms with Crippen LogP contribution < -0.4 is 16.4 Å². The summed E-state index contributed by atoms with van der Waals surface area (Å²) in [5, 5.41) is 6.36. The molecule has 0 aliphatic heterocycles. The number of aryl methyl sites for hydroxylation is 2. The first-order valence-corrected chi connectivity index (χ1v) is 7.64. The van der Waals surface area contributed by atoms with Crippen molar-refractivity contribution in [2.45, 2.75) is 41.2 Å². The van der Waals surface area contributed by atoms with Gasteiger partial charge in [0.15, 0.2) is 5.96 Å². The Hall–Kier alpha value is -1.31. The number of guanidine groups is 1. The van der Waals surface area contributed by atoms with Gasteiger partial charge in [0.25, 0.3) is 0 Å². The maximum absolute atomic E-state index is 11.4. The summed E-state index contributed by atoms with van der Waals surface area (Å²) in [6, 6.07) is 6.35. The molecule has 6 heteroatoms. The Morgan fingerprint density at radius 3 is 2.43 bits per heavy atom. The molecule has 0 unspecified atom stereocenters. The molecule has 4 N–H and O–H groups in total. The van der Waals surface area contributed by atoms with E-state index in [1.807, 2.05) is 20.8 Å². The van der Waals surface area contributed by atoms with E-state index in [9.17, 15) is 4.79 Å². The predicted octanol–water partition coefficient (Wildman–Crippen LogP) is 2.49. The van der Waals surface area contributed by atoms with Gasteiger partial charge in [0.05, 0.1) is 12.0 Å². The van der Waals surface area contributed by atoms with E-state index in [0.29, 0.717) is 19.0 Å². The Balaban J connectivity index is 0.00000484. The summed E-state index contributed by atoms with van der Waals surface area (Å²) < 4.78 is 0. The van der Waals surface area contributed by atoms with E-state index in [1.165, 1.54) is 16.7 Å². The van der Waals surface area contributed by atoms with Gasteiger partial charge in [-0.05, 0) is 45.7 Å². The van der Waals surface area contributed by atoms with Gasteiger partial charge in [0.2, 0.25) is 5.91 Å². The van der Waals surface area contributed by atoms with Crippen LogP contribution in [0.1, 0.15) is 37.5 Å². The van der Waals surface area contributed by atoms with E-state index in [2.05, 4.69) is 47.7 Å². The topological polar surface area (TPSA) is 79.5 Å². The average Bonchev–Trinajstić information content (AvgIpc) is 2.43. The quantitative estimate of drug-likeness (QED) is 0.367. The van der Waals surface area contributed by atoms with Gasteiger partial charge in [-0.25, -0.2) is 4.99 Å². The lowest BCUT2D eigenvalue weighted by atomic mass is 9.93. The van der Waals surface area contributed by atoms with Crippen LogP contribution in [0.2, 0.25) is 0 Å². The molecule has 1 aromatic rings. The third kappa shape index (κ3) is 7.20. The van der Waals surface area contributed by atoms with Gasteiger partial charge in [-0.1, -0.05) is 23.8 Å². The van der Waals surface area contributed by atoms with Gasteiger partial charge in [-0.2, -0.15) is 0 Å². The molecule has 0 atom stereocenters. The number of hydrogen-bond acceptors (Lipinski definition) is 2. The average molecular weight is 432 g/mol. The highest BCUT2D eigenvalue weighted by Gasteiger charge is 2.24. The predicted molar refractivity (Wildman–Crippen MR) is 107 cm³/mol. The van der Waals surface area contributed by atoms with Gasteiger partial charge in [0, 0.05) is 13.1 Å². The Labute approximate surface area is 156 Å². The van der Waals surface area contributed by atoms with E-state index in [1.54, 1.807) is 0 Å². The van der Waals surface area contributed by atoms with Crippen LogP contribution in [0.15, 0.2) is 23.2 Å². The molecule has 0 bridgehead atoms. The van der Waals surface area contributed by atoms with Crippen molar-refractivity contribution in [1.29, 1.82) is 0 Å². The minimum absolute atomic E-state index is 0. The number of primary amides is 1. The second-order valence-corrected chi connectivity index (χ2v) is 6.23. The second kappa shape index (κ2) is 9.75. The lowest BCUT2D eigenvalue weighted by Gasteiger charge is -2.22. The van der Waals surface area contributed by atoms with Crippen LogP contribution >= 0.6 is 24.0 Å². The zero-order valence-electron chi connectivity index (χ0n) is 14.7. The van der Waals surface area contributed by atoms with E-state index < -0.39 is 5.41 Å². The molecule has 0 fully saturated rings. The summed E-state index contributed by atoms with van der Waals surface area (Å²) in [6.07, 6.45) is 0. The molecule has 130 valence electrons. The van der Waals surface area contributed by atoms with E-state index >= 15 is 0 Å². The van der Waals surface area contributed by atoms with Crippen molar-refractivity contribution in [3.05, 3.63) is 34.9 Å². The maximum atomic E-state index is 11.4. The number of halogens is 1. The molecule has 0 spiro atoms. The van der Waals surface area contributed by atoms with Crippen LogP contribution in [-0.2, 0) is 11.3 Å². The number of nitrogens with two attached hydrogens (primary N) is 1. The van der Waals surface area contributed by atoms with E-state index in [0.717, 1.165) is 6.54 Å². The van der Waals surface area contributed by atoms with Gasteiger partial charge in [-0.15, -0.1) is 24.0 Å². The van der Waals surface area contributed by atoms with Crippen molar-refractivity contribution in [3.63, 3.8) is 0 Å². The van der Waals surface area contributed by atoms with Crippen LogP contribution in [0.4, 0.5) is 0 Å². The minimum Gasteiger partial charge on any atom is -0.369 e. The highest BCUT2D eigenvalue weighted by molar-refractivity contribution is 14.0. The van der Waals surface area contributed by atoms with Crippen molar-refractivity contribution >= 4 is 35.8 Å². The van der Waals surface area contributed by atoms with Gasteiger partial charge in [0.1, 0.15) is 0 Å². The molecule has 0 saturated heterocycles. The first kappa shape index (κ1) is 21.7. The summed E-state index contributed by atoms with van der Waals surface area (Å²) in [4.78, 5) is 15.9. The molecule has 0 aliphatic rings. The number of amides is 1. The Bertz CT molecular complexity index is 556. The first-order chi connectivity index (χ1) is 10.3. The smallest absolute Gasteiger partial charge is 0.224 e. The Morgan fingerprint density at radius 2 is 1.91 bits per heavy atom. The van der Waals surface area contributed by atoms with Crippen molar-refractivity contribution in [1.82, 2.24) is 10.6 Å². The number of nitrogens with one attached hydrogen (secondary N) is 2. The monoisotopic (exact) mass is 432 g/mol. The maximum Gasteiger partial charge on any atom is 0.224 e. The molecule has 0 aliphatic carbocycles. The van der Waals surface area contributed by atoms with Crippen molar-refractivity contribution in [3.8, 4) is 0 Å². The lowest BCUT2D eigenvalue weighted by Crippen LogP contribution is -2.46. The molecular weight excluding hydrogens is 403 g/mol. The van der Waals surface area contributed by atoms with Gasteiger partial charge >= 0.3 is 0 Å². The molecule has 1 aromatic carbocycles. The standard InChI is InChI=1S/C17H28N4O.HI/c1-6-19-16(21-11-17(4,5)15(18)22)20-10-14-8-7-12(2)9-13(14)3;/h7-9H,6,10-11H2,1-5H3,(H2,18,22)(H2,19,20,21);1H. The molecule has 5 nitrogen and oxygen atoms in total. The van der Waals surface area contributed by atoms with Gasteiger partial charge < -0.3 is 16.4 Å². The SMILES string of the molecule is CCNC(=NCc1ccc(C)cc1C)NCC(C)(C)C(N)=O.I. The third-order valence-corrected chi connectivity index (χ3v) is 3.61. The molecule has 23 heavy (non-hydrogen) atoms. The zero-order chi connectivity index (χ0) is 16.8. The van der Waals surface area contributed by atoms with E-state index in [4.69, 9.17) is 5.73 Å². The molecule has 0 radical (unpaired) electrons. The molecule has 1 amide bonds. The first-order valence-electron chi connectivity index (χ1n) is 7.64. The summed E-state index contributed by atoms with van der Waals surface area (Å²) in [7, 11) is 0. The molecule has 0 heterocycles. The van der Waals surface area contributed by atoms with Crippen molar-refractivity contribution in [2.75, 3.05) is 13.1 Å². The summed E-state index contributed by atoms with van der Waals surface area (Å²) >= 11 is 0. The Kier molecular flexibility index (Phi) is 9.19. The zero-order valence-corrected chi connectivity index (χ0v) is 17.0.